The van der Waals surface area contributed by atoms with Crippen LogP contribution >= 0.6 is 0 Å². The number of nitrogens with one attached hydrogen (secondary N) is 1. The van der Waals surface area contributed by atoms with Crippen molar-refractivity contribution in [1.82, 2.24) is 9.88 Å². The van der Waals surface area contributed by atoms with Gasteiger partial charge in [0.15, 0.2) is 0 Å². The predicted octanol–water partition coefficient (Wildman–Crippen LogP) is 1.44. The number of likely N-dealkylation sites (N-methyl/N-ethyl adjacent to an activating group) is 1. The van der Waals surface area contributed by atoms with Gasteiger partial charge in [-0.2, -0.15) is 0 Å². The van der Waals surface area contributed by atoms with E-state index in [1.54, 1.807) is 0 Å². The lowest BCUT2D eigenvalue weighted by Crippen LogP contribution is -2.31. The maximum Gasteiger partial charge on any atom is 0.342 e. The van der Waals surface area contributed by atoms with Gasteiger partial charge in [-0.1, -0.05) is 0 Å². The first kappa shape index (κ1) is 15.8. The molecule has 0 radical (unpaired) electrons. The second-order valence-corrected chi connectivity index (χ2v) is 4.65. The Labute approximate surface area is 116 Å². The molecule has 1 heterocycles. The van der Waals surface area contributed by atoms with Gasteiger partial charge in [0, 0.05) is 25.2 Å². The predicted molar refractivity (Wildman–Crippen MR) is 74.1 cm³/mol. The number of hydrogen-bond donors (Lipinski definition) is 2. The molecule has 0 saturated heterocycles. The van der Waals surface area contributed by atoms with E-state index < -0.39 is 16.6 Å². The molecule has 110 valence electrons. The van der Waals surface area contributed by atoms with Crippen molar-refractivity contribution in [2.45, 2.75) is 19.9 Å². The van der Waals surface area contributed by atoms with Crippen LogP contribution in [-0.2, 0) is 0 Å². The highest BCUT2D eigenvalue weighted by atomic mass is 16.6. The molecule has 1 aromatic heterocycles. The molecule has 8 nitrogen and oxygen atoms in total. The third-order valence-electron chi connectivity index (χ3n) is 2.96. The molecule has 0 bridgehead atoms. The topological polar surface area (TPSA) is 109 Å². The number of nitrogens with zero attached hydrogens (tertiary/aromatic N) is 3. The summed E-state index contributed by atoms with van der Waals surface area (Å²) in [4.78, 5) is 26.9. The van der Waals surface area contributed by atoms with E-state index in [1.807, 2.05) is 7.05 Å². The average Bonchev–Trinajstić information content (AvgIpc) is 2.37. The first-order valence-corrected chi connectivity index (χ1v) is 6.14. The molecule has 0 fully saturated rings. The zero-order valence-electron chi connectivity index (χ0n) is 11.7. The molecule has 0 unspecified atom stereocenters. The maximum atomic E-state index is 11.0. The van der Waals surface area contributed by atoms with Crippen LogP contribution in [0.4, 0.5) is 11.5 Å². The van der Waals surface area contributed by atoms with Crippen LogP contribution in [0.1, 0.15) is 24.2 Å². The summed E-state index contributed by atoms with van der Waals surface area (Å²) in [6.07, 6.45) is 0.956. The fraction of sp³-hybridized carbons (Fsp3) is 0.500. The SMILES string of the molecule is CC(C)N(C)CCNc1cc(C(=O)O)c([N+](=O)[O-])cn1. The zero-order chi connectivity index (χ0) is 15.3. The van der Waals surface area contributed by atoms with Crippen molar-refractivity contribution in [1.29, 1.82) is 0 Å². The third kappa shape index (κ3) is 4.16. The van der Waals surface area contributed by atoms with Gasteiger partial charge >= 0.3 is 11.7 Å². The summed E-state index contributed by atoms with van der Waals surface area (Å²) in [5.41, 5.74) is -0.882. The van der Waals surface area contributed by atoms with Crippen LogP contribution in [0.5, 0.6) is 0 Å². The molecule has 0 amide bonds. The minimum Gasteiger partial charge on any atom is -0.477 e. The summed E-state index contributed by atoms with van der Waals surface area (Å²) in [5.74, 6) is -1.04. The van der Waals surface area contributed by atoms with Gasteiger partial charge < -0.3 is 15.3 Å². The lowest BCUT2D eigenvalue weighted by Gasteiger charge is -2.21. The molecule has 0 saturated carbocycles. The van der Waals surface area contributed by atoms with Crippen molar-refractivity contribution in [2.75, 3.05) is 25.5 Å². The molecule has 0 aliphatic heterocycles. The molecule has 0 spiro atoms. The number of nitro groups is 1. The van der Waals surface area contributed by atoms with Gasteiger partial charge in [-0.25, -0.2) is 9.78 Å². The molecule has 1 aromatic rings. The Morgan fingerprint density at radius 1 is 1.60 bits per heavy atom. The van der Waals surface area contributed by atoms with Crippen molar-refractivity contribution >= 4 is 17.5 Å². The second kappa shape index (κ2) is 6.80. The zero-order valence-corrected chi connectivity index (χ0v) is 11.7. The Balaban J connectivity index is 2.75. The molecule has 0 aromatic carbocycles. The Morgan fingerprint density at radius 2 is 2.25 bits per heavy atom. The maximum absolute atomic E-state index is 11.0. The van der Waals surface area contributed by atoms with Gasteiger partial charge in [0.1, 0.15) is 17.6 Å². The van der Waals surface area contributed by atoms with Crippen LogP contribution in [0.3, 0.4) is 0 Å². The van der Waals surface area contributed by atoms with Crippen molar-refractivity contribution in [3.05, 3.63) is 27.9 Å². The highest BCUT2D eigenvalue weighted by molar-refractivity contribution is 5.93. The van der Waals surface area contributed by atoms with Crippen LogP contribution in [0.2, 0.25) is 0 Å². The summed E-state index contributed by atoms with van der Waals surface area (Å²) in [6.45, 7) is 5.44. The summed E-state index contributed by atoms with van der Waals surface area (Å²) in [7, 11) is 1.97. The standard InChI is InChI=1S/C12H18N4O4/c1-8(2)15(3)5-4-13-11-6-9(12(17)18)10(7-14-11)16(19)20/h6-8H,4-5H2,1-3H3,(H,13,14)(H,17,18). The van der Waals surface area contributed by atoms with Crippen molar-refractivity contribution in [2.24, 2.45) is 0 Å². The van der Waals surface area contributed by atoms with Gasteiger partial charge in [0.25, 0.3) is 0 Å². The van der Waals surface area contributed by atoms with Crippen molar-refractivity contribution in [3.8, 4) is 0 Å². The normalized spacial score (nSPS) is 10.8. The van der Waals surface area contributed by atoms with Gasteiger partial charge in [-0.3, -0.25) is 10.1 Å². The first-order valence-electron chi connectivity index (χ1n) is 6.14. The number of aromatic carboxylic acids is 1. The lowest BCUT2D eigenvalue weighted by molar-refractivity contribution is -0.385. The lowest BCUT2D eigenvalue weighted by atomic mass is 10.2. The largest absolute Gasteiger partial charge is 0.477 e. The highest BCUT2D eigenvalue weighted by Crippen LogP contribution is 2.20. The number of carbonyl (C=O) groups is 1. The van der Waals surface area contributed by atoms with E-state index in [9.17, 15) is 14.9 Å². The average molecular weight is 282 g/mol. The van der Waals surface area contributed by atoms with E-state index in [1.165, 1.54) is 6.07 Å². The highest BCUT2D eigenvalue weighted by Gasteiger charge is 2.20. The summed E-state index contributed by atoms with van der Waals surface area (Å²) >= 11 is 0. The van der Waals surface area contributed by atoms with Gasteiger partial charge in [-0.15, -0.1) is 0 Å². The van der Waals surface area contributed by atoms with Crippen LogP contribution < -0.4 is 5.32 Å². The van der Waals surface area contributed by atoms with Crippen molar-refractivity contribution in [3.63, 3.8) is 0 Å². The first-order chi connectivity index (χ1) is 9.32. The van der Waals surface area contributed by atoms with E-state index in [4.69, 9.17) is 5.11 Å². The summed E-state index contributed by atoms with van der Waals surface area (Å²) in [6, 6.07) is 1.58. The third-order valence-corrected chi connectivity index (χ3v) is 2.96. The number of carboxylic acids is 1. The fourth-order valence-electron chi connectivity index (χ4n) is 1.48. The van der Waals surface area contributed by atoms with E-state index in [0.29, 0.717) is 18.4 Å². The minimum absolute atomic E-state index is 0.310. The van der Waals surface area contributed by atoms with E-state index in [-0.39, 0.29) is 5.56 Å². The molecule has 8 heteroatoms. The second-order valence-electron chi connectivity index (χ2n) is 4.65. The number of anilines is 1. The van der Waals surface area contributed by atoms with Crippen LogP contribution in [-0.4, -0.2) is 52.1 Å². The summed E-state index contributed by atoms with van der Waals surface area (Å²) in [5, 5.41) is 22.6. The Bertz CT molecular complexity index is 504. The number of pyridine rings is 1. The van der Waals surface area contributed by atoms with E-state index >= 15 is 0 Å². The van der Waals surface area contributed by atoms with E-state index in [2.05, 4.69) is 29.0 Å². The molecule has 20 heavy (non-hydrogen) atoms. The van der Waals surface area contributed by atoms with Crippen LogP contribution in [0.25, 0.3) is 0 Å². The van der Waals surface area contributed by atoms with Crippen LogP contribution in [0.15, 0.2) is 12.3 Å². The fourth-order valence-corrected chi connectivity index (χ4v) is 1.48. The van der Waals surface area contributed by atoms with Crippen LogP contribution in [0, 0.1) is 10.1 Å². The quantitative estimate of drug-likeness (QED) is 0.575. The number of hydrogen-bond acceptors (Lipinski definition) is 6. The Kier molecular flexibility index (Phi) is 5.39. The Hall–Kier alpha value is -2.22. The molecule has 0 atom stereocenters. The molecular formula is C12H18N4O4. The molecule has 1 rings (SSSR count). The number of aromatic nitrogens is 1. The molecule has 0 aliphatic rings. The Morgan fingerprint density at radius 3 is 2.75 bits per heavy atom. The molecule has 2 N–H and O–H groups in total. The van der Waals surface area contributed by atoms with Crippen molar-refractivity contribution < 1.29 is 14.8 Å². The van der Waals surface area contributed by atoms with Gasteiger partial charge in [-0.05, 0) is 20.9 Å². The molecule has 0 aliphatic carbocycles. The number of rotatable bonds is 7. The molecular weight excluding hydrogens is 264 g/mol. The van der Waals surface area contributed by atoms with Gasteiger partial charge in [0.2, 0.25) is 0 Å². The number of carboxylic acid groups (broad SMARTS) is 1. The monoisotopic (exact) mass is 282 g/mol. The van der Waals surface area contributed by atoms with Gasteiger partial charge in [0.05, 0.1) is 4.92 Å². The summed E-state index contributed by atoms with van der Waals surface area (Å²) < 4.78 is 0. The smallest absolute Gasteiger partial charge is 0.342 e. The van der Waals surface area contributed by atoms with E-state index in [0.717, 1.165) is 12.7 Å². The minimum atomic E-state index is -1.35.